The number of fused-ring (bicyclic) bond motifs is 1. The van der Waals surface area contributed by atoms with Crippen LogP contribution >= 0.6 is 0 Å². The van der Waals surface area contributed by atoms with E-state index in [1.165, 1.54) is 0 Å². The van der Waals surface area contributed by atoms with Gasteiger partial charge in [-0.1, -0.05) is 19.0 Å². The Bertz CT molecular complexity index is 573. The number of likely N-dealkylation sites (tertiary alicyclic amines) is 1. The molecule has 1 aliphatic carbocycles. The van der Waals surface area contributed by atoms with Crippen molar-refractivity contribution in [2.45, 2.75) is 52.0 Å². The molecule has 1 saturated heterocycles. The third-order valence-electron chi connectivity index (χ3n) is 4.51. The molecule has 2 aliphatic rings. The standard InChI is InChI=1S/C16H23N3O3/c1-10(2)15(20)17-11-5-6-13-12(9-11)14(18-22-13)16(21)19-7-3-4-8-19/h10-11H,3-9H2,1-2H3,(H,17,20). The molecule has 0 aromatic carbocycles. The van der Waals surface area contributed by atoms with Gasteiger partial charge in [-0.2, -0.15) is 0 Å². The summed E-state index contributed by atoms with van der Waals surface area (Å²) >= 11 is 0. The number of aromatic nitrogens is 1. The van der Waals surface area contributed by atoms with Crippen LogP contribution in [0, 0.1) is 5.92 Å². The minimum absolute atomic E-state index is 0.0293. The predicted molar refractivity (Wildman–Crippen MR) is 80.4 cm³/mol. The van der Waals surface area contributed by atoms with Gasteiger partial charge in [0.05, 0.1) is 0 Å². The molecule has 120 valence electrons. The lowest BCUT2D eigenvalue weighted by molar-refractivity contribution is -0.124. The van der Waals surface area contributed by atoms with Gasteiger partial charge in [-0.05, 0) is 25.7 Å². The molecule has 6 heteroatoms. The molecule has 1 aromatic heterocycles. The molecule has 1 atom stereocenters. The summed E-state index contributed by atoms with van der Waals surface area (Å²) in [6.45, 7) is 5.36. The van der Waals surface area contributed by atoms with Gasteiger partial charge in [0.25, 0.3) is 5.91 Å². The van der Waals surface area contributed by atoms with Crippen molar-refractivity contribution in [2.24, 2.45) is 5.92 Å². The van der Waals surface area contributed by atoms with E-state index in [0.29, 0.717) is 12.1 Å². The Kier molecular flexibility index (Phi) is 4.18. The van der Waals surface area contributed by atoms with E-state index in [4.69, 9.17) is 4.52 Å². The van der Waals surface area contributed by atoms with Crippen molar-refractivity contribution in [1.29, 1.82) is 0 Å². The maximum absolute atomic E-state index is 12.5. The van der Waals surface area contributed by atoms with Crippen LogP contribution in [0.3, 0.4) is 0 Å². The van der Waals surface area contributed by atoms with E-state index in [0.717, 1.165) is 50.1 Å². The van der Waals surface area contributed by atoms with Gasteiger partial charge in [0, 0.05) is 37.0 Å². The minimum Gasteiger partial charge on any atom is -0.360 e. The second-order valence-electron chi connectivity index (χ2n) is 6.54. The van der Waals surface area contributed by atoms with Crippen LogP contribution in [0.25, 0.3) is 0 Å². The summed E-state index contributed by atoms with van der Waals surface area (Å²) in [6.07, 6.45) is 4.29. The molecule has 2 amide bonds. The highest BCUT2D eigenvalue weighted by Gasteiger charge is 2.32. The fraction of sp³-hybridized carbons (Fsp3) is 0.688. The van der Waals surface area contributed by atoms with Gasteiger partial charge in [-0.25, -0.2) is 0 Å². The highest BCUT2D eigenvalue weighted by Crippen LogP contribution is 2.26. The fourth-order valence-electron chi connectivity index (χ4n) is 3.13. The molecule has 3 rings (SSSR count). The quantitative estimate of drug-likeness (QED) is 0.919. The zero-order valence-corrected chi connectivity index (χ0v) is 13.2. The van der Waals surface area contributed by atoms with Gasteiger partial charge in [0.1, 0.15) is 5.76 Å². The number of hydrogen-bond acceptors (Lipinski definition) is 4. The van der Waals surface area contributed by atoms with Crippen molar-refractivity contribution in [1.82, 2.24) is 15.4 Å². The first-order chi connectivity index (χ1) is 10.6. The topological polar surface area (TPSA) is 75.4 Å². The largest absolute Gasteiger partial charge is 0.360 e. The molecular formula is C16H23N3O3. The molecule has 6 nitrogen and oxygen atoms in total. The first kappa shape index (κ1) is 15.1. The summed E-state index contributed by atoms with van der Waals surface area (Å²) in [5.74, 6) is 0.794. The van der Waals surface area contributed by atoms with Gasteiger partial charge < -0.3 is 14.7 Å². The number of nitrogens with zero attached hydrogens (tertiary/aromatic N) is 2. The molecular weight excluding hydrogens is 282 g/mol. The number of amides is 2. The van der Waals surface area contributed by atoms with Crippen molar-refractivity contribution < 1.29 is 14.1 Å². The Morgan fingerprint density at radius 1 is 1.32 bits per heavy atom. The Morgan fingerprint density at radius 3 is 2.73 bits per heavy atom. The van der Waals surface area contributed by atoms with Gasteiger partial charge in [-0.15, -0.1) is 0 Å². The monoisotopic (exact) mass is 305 g/mol. The van der Waals surface area contributed by atoms with E-state index in [-0.39, 0.29) is 23.8 Å². The summed E-state index contributed by atoms with van der Waals surface area (Å²) in [6, 6.07) is 0.0620. The van der Waals surface area contributed by atoms with Crippen LogP contribution in [0.4, 0.5) is 0 Å². The summed E-state index contributed by atoms with van der Waals surface area (Å²) in [7, 11) is 0. The third-order valence-corrected chi connectivity index (χ3v) is 4.51. The first-order valence-electron chi connectivity index (χ1n) is 8.13. The Labute approximate surface area is 130 Å². The molecule has 1 fully saturated rings. The molecule has 1 aromatic rings. The number of nitrogens with one attached hydrogen (secondary N) is 1. The summed E-state index contributed by atoms with van der Waals surface area (Å²) in [4.78, 5) is 26.2. The number of carbonyl (C=O) groups excluding carboxylic acids is 2. The summed E-state index contributed by atoms with van der Waals surface area (Å²) < 4.78 is 5.36. The van der Waals surface area contributed by atoms with Crippen LogP contribution < -0.4 is 5.32 Å². The third kappa shape index (κ3) is 2.87. The van der Waals surface area contributed by atoms with E-state index in [2.05, 4.69) is 10.5 Å². The normalized spacial score (nSPS) is 21.0. The Hall–Kier alpha value is -1.85. The molecule has 0 spiro atoms. The number of aryl methyl sites for hydroxylation is 1. The second-order valence-corrected chi connectivity index (χ2v) is 6.54. The maximum Gasteiger partial charge on any atom is 0.276 e. The minimum atomic E-state index is -0.0328. The SMILES string of the molecule is CC(C)C(=O)NC1CCc2onc(C(=O)N3CCCC3)c2C1. The van der Waals surface area contributed by atoms with E-state index >= 15 is 0 Å². The number of hydrogen-bond donors (Lipinski definition) is 1. The summed E-state index contributed by atoms with van der Waals surface area (Å²) in [5, 5.41) is 7.06. The fourth-order valence-corrected chi connectivity index (χ4v) is 3.13. The van der Waals surface area contributed by atoms with Crippen molar-refractivity contribution >= 4 is 11.8 Å². The van der Waals surface area contributed by atoms with E-state index < -0.39 is 0 Å². The van der Waals surface area contributed by atoms with Crippen LogP contribution in [-0.2, 0) is 17.6 Å². The van der Waals surface area contributed by atoms with Crippen molar-refractivity contribution in [3.63, 3.8) is 0 Å². The summed E-state index contributed by atoms with van der Waals surface area (Å²) in [5.41, 5.74) is 1.33. The molecule has 22 heavy (non-hydrogen) atoms. The second kappa shape index (κ2) is 6.10. The first-order valence-corrected chi connectivity index (χ1v) is 8.13. The molecule has 1 aliphatic heterocycles. The molecule has 1 N–H and O–H groups in total. The number of rotatable bonds is 3. The van der Waals surface area contributed by atoms with Crippen LogP contribution in [-0.4, -0.2) is 41.0 Å². The number of carbonyl (C=O) groups is 2. The van der Waals surface area contributed by atoms with Crippen LogP contribution in [0.2, 0.25) is 0 Å². The molecule has 0 radical (unpaired) electrons. The molecule has 0 saturated carbocycles. The zero-order chi connectivity index (χ0) is 15.7. The average molecular weight is 305 g/mol. The average Bonchev–Trinajstić information content (AvgIpc) is 3.15. The molecule has 0 bridgehead atoms. The van der Waals surface area contributed by atoms with Crippen molar-refractivity contribution in [2.75, 3.05) is 13.1 Å². The molecule has 1 unspecified atom stereocenters. The maximum atomic E-state index is 12.5. The van der Waals surface area contributed by atoms with E-state index in [1.807, 2.05) is 18.7 Å². The van der Waals surface area contributed by atoms with Gasteiger partial charge in [-0.3, -0.25) is 9.59 Å². The molecule has 2 heterocycles. The Balaban J connectivity index is 1.74. The lowest BCUT2D eigenvalue weighted by Crippen LogP contribution is -2.41. The van der Waals surface area contributed by atoms with E-state index in [9.17, 15) is 9.59 Å². The zero-order valence-electron chi connectivity index (χ0n) is 13.2. The van der Waals surface area contributed by atoms with Gasteiger partial charge >= 0.3 is 0 Å². The van der Waals surface area contributed by atoms with Crippen molar-refractivity contribution in [3.05, 3.63) is 17.0 Å². The predicted octanol–water partition coefficient (Wildman–Crippen LogP) is 1.54. The lowest BCUT2D eigenvalue weighted by Gasteiger charge is -2.24. The van der Waals surface area contributed by atoms with Crippen LogP contribution in [0.15, 0.2) is 4.52 Å². The smallest absolute Gasteiger partial charge is 0.276 e. The van der Waals surface area contributed by atoms with Crippen LogP contribution in [0.5, 0.6) is 0 Å². The highest BCUT2D eigenvalue weighted by molar-refractivity contribution is 5.94. The highest BCUT2D eigenvalue weighted by atomic mass is 16.5. The van der Waals surface area contributed by atoms with E-state index in [1.54, 1.807) is 0 Å². The van der Waals surface area contributed by atoms with Gasteiger partial charge in [0.15, 0.2) is 5.69 Å². The van der Waals surface area contributed by atoms with Crippen molar-refractivity contribution in [3.8, 4) is 0 Å². The van der Waals surface area contributed by atoms with Crippen LogP contribution in [0.1, 0.15) is 54.9 Å². The lowest BCUT2D eigenvalue weighted by atomic mass is 9.91. The van der Waals surface area contributed by atoms with Gasteiger partial charge in [0.2, 0.25) is 5.91 Å². The Morgan fingerprint density at radius 2 is 2.05 bits per heavy atom.